The van der Waals surface area contributed by atoms with Crippen molar-refractivity contribution in [1.82, 2.24) is 14.5 Å². The third-order valence-electron chi connectivity index (χ3n) is 5.27. The molecule has 1 fully saturated rings. The number of aromatic nitrogens is 2. The summed E-state index contributed by atoms with van der Waals surface area (Å²) in [7, 11) is 0. The molecule has 0 unspecified atom stereocenters. The molecule has 0 aliphatic heterocycles. The molecule has 0 bridgehead atoms. The van der Waals surface area contributed by atoms with Crippen LogP contribution in [0.1, 0.15) is 42.2 Å². The van der Waals surface area contributed by atoms with Crippen molar-refractivity contribution in [3.05, 3.63) is 46.1 Å². The highest BCUT2D eigenvalue weighted by atomic mass is 32.2. The Morgan fingerprint density at radius 2 is 1.93 bits per heavy atom. The maximum Gasteiger partial charge on any atom is 0.263 e. The van der Waals surface area contributed by atoms with Crippen LogP contribution in [0.2, 0.25) is 0 Å². The van der Waals surface area contributed by atoms with Crippen molar-refractivity contribution < 1.29 is 4.79 Å². The highest BCUT2D eigenvalue weighted by Gasteiger charge is 2.25. The lowest BCUT2D eigenvalue weighted by molar-refractivity contribution is -0.127. The van der Waals surface area contributed by atoms with Crippen molar-refractivity contribution in [3.8, 4) is 0 Å². The van der Waals surface area contributed by atoms with Gasteiger partial charge in [0.05, 0.1) is 11.1 Å². The van der Waals surface area contributed by atoms with E-state index in [9.17, 15) is 9.59 Å². The molecular weight excluding hydrogens is 390 g/mol. The molecule has 0 aromatic carbocycles. The summed E-state index contributed by atoms with van der Waals surface area (Å²) in [5.74, 6) is 0.242. The maximum atomic E-state index is 13.3. The summed E-state index contributed by atoms with van der Waals surface area (Å²) in [4.78, 5) is 34.4. The molecule has 0 atom stereocenters. The average molecular weight is 418 g/mol. The van der Waals surface area contributed by atoms with Crippen molar-refractivity contribution in [3.63, 3.8) is 0 Å². The number of carbonyl (C=O) groups excluding carboxylic acids is 1. The molecule has 7 heteroatoms. The second kappa shape index (κ2) is 9.09. The zero-order valence-electron chi connectivity index (χ0n) is 16.6. The Balaban J connectivity index is 1.96. The molecule has 28 heavy (non-hydrogen) atoms. The van der Waals surface area contributed by atoms with E-state index in [-0.39, 0.29) is 23.3 Å². The van der Waals surface area contributed by atoms with Gasteiger partial charge in [0.1, 0.15) is 4.83 Å². The van der Waals surface area contributed by atoms with Crippen LogP contribution >= 0.6 is 23.1 Å². The normalized spacial score (nSPS) is 14.5. The second-order valence-electron chi connectivity index (χ2n) is 7.14. The lowest BCUT2D eigenvalue weighted by Crippen LogP contribution is -2.33. The molecule has 0 saturated heterocycles. The summed E-state index contributed by atoms with van der Waals surface area (Å²) >= 11 is 2.92. The average Bonchev–Trinajstić information content (AvgIpc) is 3.28. The van der Waals surface area contributed by atoms with E-state index in [1.807, 2.05) is 18.4 Å². The van der Waals surface area contributed by atoms with Gasteiger partial charge in [-0.25, -0.2) is 4.98 Å². The van der Waals surface area contributed by atoms with Crippen LogP contribution in [0.4, 0.5) is 0 Å². The summed E-state index contributed by atoms with van der Waals surface area (Å²) in [6.07, 6.45) is 7.67. The fourth-order valence-electron chi connectivity index (χ4n) is 3.68. The van der Waals surface area contributed by atoms with Crippen LogP contribution in [0.15, 0.2) is 35.3 Å². The third kappa shape index (κ3) is 4.10. The SMILES string of the molecule is C=CCN(CC=C)C(=O)CSc1nc2sc(C)c(C)c2c(=O)n1C1CCCC1. The molecule has 0 spiro atoms. The van der Waals surface area contributed by atoms with Crippen LogP contribution in [0.5, 0.6) is 0 Å². The summed E-state index contributed by atoms with van der Waals surface area (Å²) in [6, 6.07) is 0.180. The topological polar surface area (TPSA) is 55.2 Å². The first-order valence-electron chi connectivity index (χ1n) is 9.62. The molecule has 1 amide bonds. The number of hydrogen-bond donors (Lipinski definition) is 0. The maximum absolute atomic E-state index is 13.3. The number of hydrogen-bond acceptors (Lipinski definition) is 5. The number of thioether (sulfide) groups is 1. The van der Waals surface area contributed by atoms with Crippen LogP contribution in [-0.2, 0) is 4.79 Å². The van der Waals surface area contributed by atoms with E-state index in [0.29, 0.717) is 18.2 Å². The monoisotopic (exact) mass is 417 g/mol. The number of amides is 1. The number of nitrogens with zero attached hydrogens (tertiary/aromatic N) is 3. The number of rotatable bonds is 8. The van der Waals surface area contributed by atoms with Gasteiger partial charge in [0.2, 0.25) is 5.91 Å². The molecule has 1 aliphatic rings. The Kier molecular flexibility index (Phi) is 6.78. The number of thiophene rings is 1. The van der Waals surface area contributed by atoms with E-state index < -0.39 is 0 Å². The minimum Gasteiger partial charge on any atom is -0.335 e. The third-order valence-corrected chi connectivity index (χ3v) is 7.31. The van der Waals surface area contributed by atoms with Crippen LogP contribution < -0.4 is 5.56 Å². The van der Waals surface area contributed by atoms with E-state index in [2.05, 4.69) is 13.2 Å². The van der Waals surface area contributed by atoms with Gasteiger partial charge in [-0.05, 0) is 32.3 Å². The molecule has 150 valence electrons. The van der Waals surface area contributed by atoms with Gasteiger partial charge in [0, 0.05) is 24.0 Å². The highest BCUT2D eigenvalue weighted by molar-refractivity contribution is 7.99. The van der Waals surface area contributed by atoms with Gasteiger partial charge >= 0.3 is 0 Å². The lowest BCUT2D eigenvalue weighted by atomic mass is 10.2. The predicted molar refractivity (Wildman–Crippen MR) is 119 cm³/mol. The number of carbonyl (C=O) groups is 1. The van der Waals surface area contributed by atoms with Crippen molar-refractivity contribution in [2.24, 2.45) is 0 Å². The van der Waals surface area contributed by atoms with Crippen molar-refractivity contribution in [2.75, 3.05) is 18.8 Å². The standard InChI is InChI=1S/C21H27N3O2S2/c1-5-11-23(12-6-2)17(25)13-27-21-22-19-18(14(3)15(4)28-19)20(26)24(21)16-9-7-8-10-16/h5-6,16H,1-2,7-13H2,3-4H3. The van der Waals surface area contributed by atoms with E-state index in [1.165, 1.54) is 11.8 Å². The molecule has 0 N–H and O–H groups in total. The molecular formula is C21H27N3O2S2. The van der Waals surface area contributed by atoms with Crippen molar-refractivity contribution in [1.29, 1.82) is 0 Å². The summed E-state index contributed by atoms with van der Waals surface area (Å²) < 4.78 is 1.86. The van der Waals surface area contributed by atoms with Gasteiger partial charge in [-0.15, -0.1) is 24.5 Å². The molecule has 2 aromatic heterocycles. The fraction of sp³-hybridized carbons (Fsp3) is 0.476. The quantitative estimate of drug-likeness (QED) is 0.361. The van der Waals surface area contributed by atoms with Crippen LogP contribution in [0, 0.1) is 13.8 Å². The second-order valence-corrected chi connectivity index (χ2v) is 9.28. The molecule has 5 nitrogen and oxygen atoms in total. The minimum atomic E-state index is -0.00402. The molecule has 3 rings (SSSR count). The van der Waals surface area contributed by atoms with Gasteiger partial charge in [-0.2, -0.15) is 0 Å². The van der Waals surface area contributed by atoms with E-state index in [4.69, 9.17) is 4.98 Å². The lowest BCUT2D eigenvalue weighted by Gasteiger charge is -2.21. The van der Waals surface area contributed by atoms with E-state index in [0.717, 1.165) is 46.3 Å². The van der Waals surface area contributed by atoms with Gasteiger partial charge in [-0.1, -0.05) is 36.8 Å². The molecule has 1 saturated carbocycles. The van der Waals surface area contributed by atoms with Gasteiger partial charge in [-0.3, -0.25) is 14.2 Å². The van der Waals surface area contributed by atoms with Gasteiger partial charge in [0.25, 0.3) is 5.56 Å². The largest absolute Gasteiger partial charge is 0.335 e. The first-order chi connectivity index (χ1) is 13.5. The Bertz CT molecular complexity index is 945. The zero-order valence-corrected chi connectivity index (χ0v) is 18.2. The van der Waals surface area contributed by atoms with Crippen LogP contribution in [0.25, 0.3) is 10.2 Å². The van der Waals surface area contributed by atoms with Crippen LogP contribution in [-0.4, -0.2) is 39.2 Å². The van der Waals surface area contributed by atoms with Crippen molar-refractivity contribution >= 4 is 39.2 Å². The van der Waals surface area contributed by atoms with E-state index in [1.54, 1.807) is 28.4 Å². The predicted octanol–water partition coefficient (Wildman–Crippen LogP) is 4.48. The Morgan fingerprint density at radius 3 is 2.54 bits per heavy atom. The zero-order chi connectivity index (χ0) is 20.3. The fourth-order valence-corrected chi connectivity index (χ4v) is 5.72. The first-order valence-corrected chi connectivity index (χ1v) is 11.4. The van der Waals surface area contributed by atoms with Gasteiger partial charge < -0.3 is 4.90 Å². The molecule has 2 heterocycles. The summed E-state index contributed by atoms with van der Waals surface area (Å²) in [5, 5.41) is 1.40. The highest BCUT2D eigenvalue weighted by Crippen LogP contribution is 2.34. The molecule has 2 aromatic rings. The Morgan fingerprint density at radius 1 is 1.29 bits per heavy atom. The Labute approximate surface area is 174 Å². The van der Waals surface area contributed by atoms with E-state index >= 15 is 0 Å². The molecule has 0 radical (unpaired) electrons. The van der Waals surface area contributed by atoms with Gasteiger partial charge in [0.15, 0.2) is 5.16 Å². The number of fused-ring (bicyclic) bond motifs is 1. The summed E-state index contributed by atoms with van der Waals surface area (Å²) in [5.41, 5.74) is 1.07. The summed E-state index contributed by atoms with van der Waals surface area (Å²) in [6.45, 7) is 12.4. The van der Waals surface area contributed by atoms with Crippen LogP contribution in [0.3, 0.4) is 0 Å². The minimum absolute atomic E-state index is 0.00402. The molecule has 1 aliphatic carbocycles. The first kappa shape index (κ1) is 20.9. The smallest absolute Gasteiger partial charge is 0.263 e. The van der Waals surface area contributed by atoms with Crippen molar-refractivity contribution in [2.45, 2.75) is 50.7 Å². The Hall–Kier alpha value is -1.86. The number of aryl methyl sites for hydroxylation is 2.